The van der Waals surface area contributed by atoms with E-state index in [0.717, 1.165) is 5.56 Å². The number of benzene rings is 2. The number of hydrogen-bond acceptors (Lipinski definition) is 3. The highest BCUT2D eigenvalue weighted by Gasteiger charge is 2.24. The molecule has 0 bridgehead atoms. The molecular formula is C15H15BrN2O3S. The van der Waals surface area contributed by atoms with Crippen LogP contribution in [0.2, 0.25) is 0 Å². The van der Waals surface area contributed by atoms with Crippen LogP contribution in [-0.2, 0) is 16.6 Å². The maximum Gasteiger partial charge on any atom is 0.248 e. The van der Waals surface area contributed by atoms with E-state index >= 15 is 0 Å². The van der Waals surface area contributed by atoms with Crippen LogP contribution in [0, 0.1) is 0 Å². The Labute approximate surface area is 137 Å². The Balaban J connectivity index is 2.37. The van der Waals surface area contributed by atoms with Crippen LogP contribution in [0.1, 0.15) is 15.9 Å². The lowest BCUT2D eigenvalue weighted by molar-refractivity contribution is 0.1000. The molecule has 2 N–H and O–H groups in total. The topological polar surface area (TPSA) is 80.5 Å². The van der Waals surface area contributed by atoms with Gasteiger partial charge in [0.25, 0.3) is 0 Å². The number of hydrogen-bond donors (Lipinski definition) is 1. The number of amides is 1. The second kappa shape index (κ2) is 6.60. The van der Waals surface area contributed by atoms with Gasteiger partial charge in [0, 0.05) is 23.6 Å². The molecule has 2 aromatic carbocycles. The van der Waals surface area contributed by atoms with Gasteiger partial charge in [0.2, 0.25) is 15.9 Å². The molecule has 0 saturated carbocycles. The Morgan fingerprint density at radius 3 is 2.41 bits per heavy atom. The van der Waals surface area contributed by atoms with E-state index in [4.69, 9.17) is 5.73 Å². The minimum Gasteiger partial charge on any atom is -0.366 e. The van der Waals surface area contributed by atoms with Crippen molar-refractivity contribution in [1.82, 2.24) is 4.31 Å². The quantitative estimate of drug-likeness (QED) is 0.861. The largest absolute Gasteiger partial charge is 0.366 e. The summed E-state index contributed by atoms with van der Waals surface area (Å²) in [6, 6.07) is 13.5. The van der Waals surface area contributed by atoms with Gasteiger partial charge in [-0.2, -0.15) is 4.31 Å². The van der Waals surface area contributed by atoms with Gasteiger partial charge in [0.15, 0.2) is 0 Å². The van der Waals surface area contributed by atoms with E-state index in [-0.39, 0.29) is 17.0 Å². The molecule has 0 spiro atoms. The second-order valence-electron chi connectivity index (χ2n) is 4.76. The molecule has 0 aliphatic heterocycles. The number of primary amides is 1. The van der Waals surface area contributed by atoms with Crippen molar-refractivity contribution < 1.29 is 13.2 Å². The number of nitrogens with zero attached hydrogens (tertiary/aromatic N) is 1. The molecule has 0 aromatic heterocycles. The maximum atomic E-state index is 12.7. The lowest BCUT2D eigenvalue weighted by atomic mass is 10.2. The minimum atomic E-state index is -3.75. The van der Waals surface area contributed by atoms with Crippen molar-refractivity contribution >= 4 is 31.9 Å². The standard InChI is InChI=1S/C15H15BrN2O3S/c1-18(10-11-5-3-2-4-6-11)22(20,21)14-9-12(15(17)19)7-8-13(14)16/h2-9H,10H2,1H3,(H2,17,19). The number of sulfonamides is 1. The molecule has 5 nitrogen and oxygen atoms in total. The first kappa shape index (κ1) is 16.7. The molecule has 0 radical (unpaired) electrons. The third-order valence-electron chi connectivity index (χ3n) is 3.15. The van der Waals surface area contributed by atoms with Gasteiger partial charge in [-0.25, -0.2) is 8.42 Å². The van der Waals surface area contributed by atoms with Gasteiger partial charge in [-0.3, -0.25) is 4.79 Å². The van der Waals surface area contributed by atoms with Gasteiger partial charge < -0.3 is 5.73 Å². The minimum absolute atomic E-state index is 0.0160. The average molecular weight is 383 g/mol. The number of halogens is 1. The van der Waals surface area contributed by atoms with Gasteiger partial charge in [0.05, 0.1) is 4.90 Å². The predicted molar refractivity (Wildman–Crippen MR) is 87.8 cm³/mol. The van der Waals surface area contributed by atoms with Crippen molar-refractivity contribution in [2.45, 2.75) is 11.4 Å². The predicted octanol–water partition coefficient (Wildman–Crippen LogP) is 2.37. The Morgan fingerprint density at radius 1 is 1.18 bits per heavy atom. The summed E-state index contributed by atoms with van der Waals surface area (Å²) in [5.41, 5.74) is 6.23. The first-order valence-corrected chi connectivity index (χ1v) is 8.65. The monoisotopic (exact) mass is 382 g/mol. The van der Waals surface area contributed by atoms with Crippen LogP contribution in [-0.4, -0.2) is 25.7 Å². The SMILES string of the molecule is CN(Cc1ccccc1)S(=O)(=O)c1cc(C(N)=O)ccc1Br. The molecule has 0 saturated heterocycles. The van der Waals surface area contributed by atoms with Crippen molar-refractivity contribution in [2.24, 2.45) is 5.73 Å². The molecule has 116 valence electrons. The third kappa shape index (κ3) is 3.55. The summed E-state index contributed by atoms with van der Waals surface area (Å²) in [6.45, 7) is 0.233. The molecule has 2 aromatic rings. The zero-order valence-corrected chi connectivity index (χ0v) is 14.3. The molecule has 0 atom stereocenters. The van der Waals surface area contributed by atoms with Crippen molar-refractivity contribution in [3.8, 4) is 0 Å². The van der Waals surface area contributed by atoms with Crippen molar-refractivity contribution in [2.75, 3.05) is 7.05 Å². The van der Waals surface area contributed by atoms with E-state index in [1.54, 1.807) is 0 Å². The Kier molecular flexibility index (Phi) is 5.00. The molecule has 0 unspecified atom stereocenters. The highest BCUT2D eigenvalue weighted by Crippen LogP contribution is 2.26. The van der Waals surface area contributed by atoms with Gasteiger partial charge >= 0.3 is 0 Å². The summed E-state index contributed by atoms with van der Waals surface area (Å²) < 4.78 is 27.0. The summed E-state index contributed by atoms with van der Waals surface area (Å²) >= 11 is 3.21. The Bertz CT molecular complexity index is 792. The first-order valence-electron chi connectivity index (χ1n) is 6.42. The van der Waals surface area contributed by atoms with Crippen LogP contribution in [0.15, 0.2) is 57.9 Å². The van der Waals surface area contributed by atoms with E-state index < -0.39 is 15.9 Å². The molecule has 1 amide bonds. The van der Waals surface area contributed by atoms with E-state index in [2.05, 4.69) is 15.9 Å². The summed E-state index contributed by atoms with van der Waals surface area (Å²) in [5, 5.41) is 0. The number of carbonyl (C=O) groups excluding carboxylic acids is 1. The van der Waals surface area contributed by atoms with Gasteiger partial charge in [-0.1, -0.05) is 30.3 Å². The second-order valence-corrected chi connectivity index (χ2v) is 7.62. The van der Waals surface area contributed by atoms with Crippen molar-refractivity contribution in [3.63, 3.8) is 0 Å². The molecular weight excluding hydrogens is 368 g/mol. The Morgan fingerprint density at radius 2 is 1.82 bits per heavy atom. The number of rotatable bonds is 5. The average Bonchev–Trinajstić information content (AvgIpc) is 2.48. The van der Waals surface area contributed by atoms with Crippen LogP contribution >= 0.6 is 15.9 Å². The zero-order chi connectivity index (χ0) is 16.3. The molecule has 0 fully saturated rings. The normalized spacial score (nSPS) is 11.6. The molecule has 0 aliphatic carbocycles. The van der Waals surface area contributed by atoms with Gasteiger partial charge in [0.1, 0.15) is 0 Å². The Hall–Kier alpha value is -1.70. The summed E-state index contributed by atoms with van der Waals surface area (Å²) in [5.74, 6) is -0.672. The smallest absolute Gasteiger partial charge is 0.248 e. The lowest BCUT2D eigenvalue weighted by Crippen LogP contribution is -2.27. The fraction of sp³-hybridized carbons (Fsp3) is 0.133. The fourth-order valence-electron chi connectivity index (χ4n) is 1.95. The summed E-state index contributed by atoms with van der Waals surface area (Å²) in [6.07, 6.45) is 0. The van der Waals surface area contributed by atoms with Gasteiger partial charge in [-0.15, -0.1) is 0 Å². The molecule has 22 heavy (non-hydrogen) atoms. The highest BCUT2D eigenvalue weighted by molar-refractivity contribution is 9.10. The van der Waals surface area contributed by atoms with E-state index in [1.807, 2.05) is 30.3 Å². The van der Waals surface area contributed by atoms with Crippen LogP contribution in [0.25, 0.3) is 0 Å². The lowest BCUT2D eigenvalue weighted by Gasteiger charge is -2.18. The first-order chi connectivity index (χ1) is 10.3. The van der Waals surface area contributed by atoms with Crippen LogP contribution in [0.4, 0.5) is 0 Å². The van der Waals surface area contributed by atoms with E-state index in [0.29, 0.717) is 4.47 Å². The molecule has 0 heterocycles. The molecule has 2 rings (SSSR count). The van der Waals surface area contributed by atoms with Crippen molar-refractivity contribution in [3.05, 3.63) is 64.1 Å². The molecule has 7 heteroatoms. The van der Waals surface area contributed by atoms with Gasteiger partial charge in [-0.05, 0) is 39.7 Å². The summed E-state index contributed by atoms with van der Waals surface area (Å²) in [7, 11) is -2.25. The number of nitrogens with two attached hydrogens (primary N) is 1. The zero-order valence-electron chi connectivity index (χ0n) is 11.9. The van der Waals surface area contributed by atoms with E-state index in [1.165, 1.54) is 29.6 Å². The molecule has 0 aliphatic rings. The maximum absolute atomic E-state index is 12.7. The van der Waals surface area contributed by atoms with Crippen molar-refractivity contribution in [1.29, 1.82) is 0 Å². The van der Waals surface area contributed by atoms with E-state index in [9.17, 15) is 13.2 Å². The van der Waals surface area contributed by atoms with Crippen LogP contribution in [0.5, 0.6) is 0 Å². The van der Waals surface area contributed by atoms with Crippen LogP contribution in [0.3, 0.4) is 0 Å². The number of carbonyl (C=O) groups is 1. The fourth-order valence-corrected chi connectivity index (χ4v) is 4.05. The summed E-state index contributed by atoms with van der Waals surface area (Å²) in [4.78, 5) is 11.3. The third-order valence-corrected chi connectivity index (χ3v) is 5.95. The van der Waals surface area contributed by atoms with Crippen LogP contribution < -0.4 is 5.73 Å². The highest BCUT2D eigenvalue weighted by atomic mass is 79.9.